The van der Waals surface area contributed by atoms with E-state index in [9.17, 15) is 18.4 Å². The van der Waals surface area contributed by atoms with Crippen LogP contribution in [0.5, 0.6) is 0 Å². The molecule has 0 N–H and O–H groups in total. The van der Waals surface area contributed by atoms with Crippen LogP contribution in [0.1, 0.15) is 36.0 Å². The van der Waals surface area contributed by atoms with Crippen molar-refractivity contribution in [2.24, 2.45) is 0 Å². The number of fused-ring (bicyclic) bond motifs is 3. The smallest absolute Gasteiger partial charge is 0.344 e. The molecule has 0 spiro atoms. The fourth-order valence-corrected chi connectivity index (χ4v) is 3.78. The molecule has 1 atom stereocenters. The lowest BCUT2D eigenvalue weighted by Gasteiger charge is -2.34. The van der Waals surface area contributed by atoms with Crippen LogP contribution in [0, 0.1) is 11.6 Å². The fourth-order valence-electron chi connectivity index (χ4n) is 2.56. The second-order valence-electron chi connectivity index (χ2n) is 4.86. The van der Waals surface area contributed by atoms with Gasteiger partial charge in [0.25, 0.3) is 0 Å². The largest absolute Gasteiger partial charge is 0.462 e. The number of ether oxygens (including phenoxy) is 1. The lowest BCUT2D eigenvalue weighted by atomic mass is 10.1. The van der Waals surface area contributed by atoms with E-state index in [0.717, 1.165) is 18.6 Å². The van der Waals surface area contributed by atoms with Gasteiger partial charge in [0.1, 0.15) is 5.56 Å². The van der Waals surface area contributed by atoms with Crippen LogP contribution >= 0.6 is 11.8 Å². The Morgan fingerprint density at radius 1 is 1.32 bits per heavy atom. The van der Waals surface area contributed by atoms with Crippen molar-refractivity contribution in [3.63, 3.8) is 0 Å². The predicted octanol–water partition coefficient (Wildman–Crippen LogP) is 3.47. The molecule has 0 saturated carbocycles. The first-order valence-corrected chi connectivity index (χ1v) is 7.78. The Bertz CT molecular complexity index is 847. The van der Waals surface area contributed by atoms with E-state index in [4.69, 9.17) is 4.74 Å². The molecule has 4 nitrogen and oxygen atoms in total. The number of hydrogen-bond acceptors (Lipinski definition) is 4. The van der Waals surface area contributed by atoms with Gasteiger partial charge in [0.05, 0.1) is 22.5 Å². The third-order valence-corrected chi connectivity index (χ3v) is 5.01. The van der Waals surface area contributed by atoms with Crippen LogP contribution in [0.15, 0.2) is 22.0 Å². The van der Waals surface area contributed by atoms with E-state index in [1.54, 1.807) is 11.5 Å². The van der Waals surface area contributed by atoms with Crippen molar-refractivity contribution in [3.05, 3.63) is 39.6 Å². The Hall–Kier alpha value is -1.89. The molecule has 2 aromatic rings. The number of esters is 1. The summed E-state index contributed by atoms with van der Waals surface area (Å²) in [6, 6.07) is 1.85. The maximum Gasteiger partial charge on any atom is 0.344 e. The number of benzene rings is 1. The van der Waals surface area contributed by atoms with Gasteiger partial charge < -0.3 is 9.30 Å². The zero-order chi connectivity index (χ0) is 16.0. The second-order valence-corrected chi connectivity index (χ2v) is 6.03. The molecule has 2 heterocycles. The molecule has 7 heteroatoms. The minimum atomic E-state index is -1.11. The van der Waals surface area contributed by atoms with Crippen LogP contribution in [0.2, 0.25) is 0 Å². The summed E-state index contributed by atoms with van der Waals surface area (Å²) < 4.78 is 33.7. The highest BCUT2D eigenvalue weighted by atomic mass is 32.2. The summed E-state index contributed by atoms with van der Waals surface area (Å²) in [6.45, 7) is 3.71. The Kier molecular flexibility index (Phi) is 3.68. The van der Waals surface area contributed by atoms with E-state index in [2.05, 4.69) is 0 Å². The summed E-state index contributed by atoms with van der Waals surface area (Å²) in [5, 5.41) is 0.425. The van der Waals surface area contributed by atoms with E-state index in [1.807, 2.05) is 6.92 Å². The highest BCUT2D eigenvalue weighted by Gasteiger charge is 2.35. The van der Waals surface area contributed by atoms with Crippen LogP contribution in [0.4, 0.5) is 8.78 Å². The molecule has 22 heavy (non-hydrogen) atoms. The first-order chi connectivity index (χ1) is 10.5. The summed E-state index contributed by atoms with van der Waals surface area (Å²) in [7, 11) is 0. The third-order valence-electron chi connectivity index (χ3n) is 3.57. The lowest BCUT2D eigenvalue weighted by Crippen LogP contribution is -2.30. The molecule has 0 radical (unpaired) electrons. The first-order valence-electron chi connectivity index (χ1n) is 6.90. The number of hydrogen-bond donors (Lipinski definition) is 0. The van der Waals surface area contributed by atoms with Crippen LogP contribution in [0.25, 0.3) is 10.9 Å². The van der Waals surface area contributed by atoms with Crippen molar-refractivity contribution in [2.75, 3.05) is 6.61 Å². The van der Waals surface area contributed by atoms with Gasteiger partial charge in [0.2, 0.25) is 5.43 Å². The minimum absolute atomic E-state index is 0.00977. The number of nitrogens with zero attached hydrogens (tertiary/aromatic N) is 1. The summed E-state index contributed by atoms with van der Waals surface area (Å²) in [5.74, 6) is -2.86. The van der Waals surface area contributed by atoms with Crippen molar-refractivity contribution in [2.45, 2.75) is 30.7 Å². The topological polar surface area (TPSA) is 48.3 Å². The number of carbonyl (C=O) groups excluding carboxylic acids is 1. The minimum Gasteiger partial charge on any atom is -0.462 e. The van der Waals surface area contributed by atoms with Gasteiger partial charge in [-0.1, -0.05) is 18.7 Å². The molecule has 116 valence electrons. The second kappa shape index (κ2) is 5.39. The SMILES string of the molecule is CCOC(=O)c1c2n(c3cc(F)c(F)cc3c1=O)C(CC)S2. The van der Waals surface area contributed by atoms with E-state index in [1.165, 1.54) is 11.8 Å². The molecule has 0 amide bonds. The van der Waals surface area contributed by atoms with Gasteiger partial charge in [-0.2, -0.15) is 0 Å². The number of rotatable bonds is 3. The van der Waals surface area contributed by atoms with Gasteiger partial charge >= 0.3 is 5.97 Å². The standard InChI is InChI=1S/C15H13F2NO3S/c1-3-11-18-10-6-9(17)8(16)5-7(10)13(19)12(14(18)22-11)15(20)21-4-2/h5-6,11H,3-4H2,1-2H3. The molecule has 1 aliphatic heterocycles. The molecule has 0 bridgehead atoms. The van der Waals surface area contributed by atoms with Gasteiger partial charge in [0, 0.05) is 11.5 Å². The number of carbonyl (C=O) groups is 1. The number of thioether (sulfide) groups is 1. The zero-order valence-corrected chi connectivity index (χ0v) is 12.8. The molecule has 1 aromatic heterocycles. The summed E-state index contributed by atoms with van der Waals surface area (Å²) >= 11 is 1.36. The third kappa shape index (κ3) is 2.03. The first kappa shape index (κ1) is 15.0. The van der Waals surface area contributed by atoms with Gasteiger partial charge in [-0.15, -0.1) is 0 Å². The van der Waals surface area contributed by atoms with Crippen LogP contribution in [-0.2, 0) is 4.74 Å². The summed E-state index contributed by atoms with van der Waals surface area (Å²) in [4.78, 5) is 24.5. The highest BCUT2D eigenvalue weighted by Crippen LogP contribution is 2.48. The van der Waals surface area contributed by atoms with E-state index >= 15 is 0 Å². The van der Waals surface area contributed by atoms with Crippen molar-refractivity contribution in [1.82, 2.24) is 4.57 Å². The molecule has 3 rings (SSSR count). The van der Waals surface area contributed by atoms with E-state index in [0.29, 0.717) is 10.5 Å². The normalized spacial score (nSPS) is 16.3. The van der Waals surface area contributed by atoms with Crippen LogP contribution < -0.4 is 5.43 Å². The van der Waals surface area contributed by atoms with E-state index < -0.39 is 23.0 Å². The Morgan fingerprint density at radius 3 is 2.64 bits per heavy atom. The zero-order valence-electron chi connectivity index (χ0n) is 12.0. The summed E-state index contributed by atoms with van der Waals surface area (Å²) in [5.41, 5.74) is -0.423. The van der Waals surface area contributed by atoms with Crippen molar-refractivity contribution >= 4 is 28.6 Å². The highest BCUT2D eigenvalue weighted by molar-refractivity contribution is 8.00. The molecule has 0 saturated heterocycles. The van der Waals surface area contributed by atoms with Crippen LogP contribution in [-0.4, -0.2) is 17.1 Å². The Balaban J connectivity index is 2.38. The molecule has 0 fully saturated rings. The number of halogens is 2. The Morgan fingerprint density at radius 2 is 2.00 bits per heavy atom. The molecule has 1 aliphatic rings. The quantitative estimate of drug-likeness (QED) is 0.811. The molecule has 1 aromatic carbocycles. The molecule has 0 aliphatic carbocycles. The van der Waals surface area contributed by atoms with Crippen molar-refractivity contribution in [1.29, 1.82) is 0 Å². The van der Waals surface area contributed by atoms with Gasteiger partial charge in [0.15, 0.2) is 11.6 Å². The summed E-state index contributed by atoms with van der Waals surface area (Å²) in [6.07, 6.45) is 0.733. The lowest BCUT2D eigenvalue weighted by molar-refractivity contribution is 0.0518. The van der Waals surface area contributed by atoms with E-state index in [-0.39, 0.29) is 22.9 Å². The van der Waals surface area contributed by atoms with Crippen molar-refractivity contribution in [3.8, 4) is 0 Å². The maximum atomic E-state index is 13.5. The van der Waals surface area contributed by atoms with Gasteiger partial charge in [-0.3, -0.25) is 4.79 Å². The molecular formula is C15H13F2NO3S. The van der Waals surface area contributed by atoms with Gasteiger partial charge in [-0.05, 0) is 19.4 Å². The Labute approximate surface area is 129 Å². The van der Waals surface area contributed by atoms with Crippen LogP contribution in [0.3, 0.4) is 0 Å². The monoisotopic (exact) mass is 325 g/mol. The number of aromatic nitrogens is 1. The predicted molar refractivity (Wildman–Crippen MR) is 79.3 cm³/mol. The van der Waals surface area contributed by atoms with Gasteiger partial charge in [-0.25, -0.2) is 13.6 Å². The maximum absolute atomic E-state index is 13.5. The molecular weight excluding hydrogens is 312 g/mol. The van der Waals surface area contributed by atoms with Crippen molar-refractivity contribution < 1.29 is 18.3 Å². The number of pyridine rings is 1. The average Bonchev–Trinajstić information content (AvgIpc) is 2.44. The molecule has 1 unspecified atom stereocenters. The fraction of sp³-hybridized carbons (Fsp3) is 0.333. The average molecular weight is 325 g/mol.